The number of hydrogen-bond donors (Lipinski definition) is 1. The van der Waals surface area contributed by atoms with Crippen LogP contribution in [0.3, 0.4) is 0 Å². The van der Waals surface area contributed by atoms with Crippen molar-refractivity contribution >= 4 is 29.2 Å². The van der Waals surface area contributed by atoms with Crippen molar-refractivity contribution in [2.24, 2.45) is 0 Å². The van der Waals surface area contributed by atoms with Gasteiger partial charge in [-0.1, -0.05) is 29.8 Å². The van der Waals surface area contributed by atoms with Gasteiger partial charge in [0.2, 0.25) is 0 Å². The zero-order chi connectivity index (χ0) is 17.5. The van der Waals surface area contributed by atoms with Crippen molar-refractivity contribution in [3.8, 4) is 5.75 Å². The van der Waals surface area contributed by atoms with Crippen LogP contribution in [0, 0.1) is 6.92 Å². The van der Waals surface area contributed by atoms with Crippen LogP contribution in [0.2, 0.25) is 5.02 Å². The van der Waals surface area contributed by atoms with E-state index in [1.54, 1.807) is 30.3 Å². The van der Waals surface area contributed by atoms with Gasteiger partial charge in [-0.2, -0.15) is 0 Å². The number of esters is 1. The topological polar surface area (TPSA) is 64.6 Å². The van der Waals surface area contributed by atoms with Crippen molar-refractivity contribution in [3.63, 3.8) is 0 Å². The van der Waals surface area contributed by atoms with E-state index in [9.17, 15) is 9.59 Å². The first kappa shape index (κ1) is 17.8. The van der Waals surface area contributed by atoms with Crippen molar-refractivity contribution < 1.29 is 19.1 Å². The molecule has 0 bridgehead atoms. The monoisotopic (exact) mass is 347 g/mol. The fraction of sp³-hybridized carbons (Fsp3) is 0.222. The van der Waals surface area contributed by atoms with E-state index in [4.69, 9.17) is 21.1 Å². The normalized spacial score (nSPS) is 11.5. The maximum absolute atomic E-state index is 12.0. The van der Waals surface area contributed by atoms with Crippen LogP contribution in [0.1, 0.15) is 12.5 Å². The number of amides is 1. The second-order valence-electron chi connectivity index (χ2n) is 5.24. The van der Waals surface area contributed by atoms with E-state index in [1.165, 1.54) is 6.92 Å². The fourth-order valence-electron chi connectivity index (χ4n) is 1.95. The van der Waals surface area contributed by atoms with Gasteiger partial charge in [0.05, 0.1) is 0 Å². The van der Waals surface area contributed by atoms with Crippen LogP contribution < -0.4 is 10.1 Å². The second kappa shape index (κ2) is 8.36. The molecule has 24 heavy (non-hydrogen) atoms. The number of anilines is 1. The Labute approximate surface area is 145 Å². The zero-order valence-electron chi connectivity index (χ0n) is 13.4. The number of carbonyl (C=O) groups excluding carboxylic acids is 2. The quantitative estimate of drug-likeness (QED) is 0.811. The standard InChI is InChI=1S/C18H18ClNO4/c1-12-5-3-7-15(9-12)20-18(22)13(2)24-17(21)11-23-16-8-4-6-14(19)10-16/h3-10,13H,11H2,1-2H3,(H,20,22)/t13-/m0/s1. The summed E-state index contributed by atoms with van der Waals surface area (Å²) in [5.41, 5.74) is 1.67. The van der Waals surface area contributed by atoms with Gasteiger partial charge in [0.1, 0.15) is 5.75 Å². The Morgan fingerprint density at radius 2 is 1.92 bits per heavy atom. The molecule has 0 saturated heterocycles. The molecule has 1 atom stereocenters. The van der Waals surface area contributed by atoms with Crippen molar-refractivity contribution in [1.29, 1.82) is 0 Å². The largest absolute Gasteiger partial charge is 0.482 e. The van der Waals surface area contributed by atoms with Gasteiger partial charge in [-0.05, 0) is 49.7 Å². The van der Waals surface area contributed by atoms with Gasteiger partial charge in [0.15, 0.2) is 12.7 Å². The van der Waals surface area contributed by atoms with E-state index in [2.05, 4.69) is 5.32 Å². The third kappa shape index (κ3) is 5.59. The van der Waals surface area contributed by atoms with E-state index in [1.807, 2.05) is 25.1 Å². The molecule has 0 aliphatic carbocycles. The molecule has 126 valence electrons. The first-order valence-electron chi connectivity index (χ1n) is 7.39. The Bertz CT molecular complexity index is 732. The summed E-state index contributed by atoms with van der Waals surface area (Å²) in [6.07, 6.45) is -0.930. The molecule has 2 aromatic rings. The molecule has 1 amide bonds. The molecular formula is C18H18ClNO4. The Morgan fingerprint density at radius 1 is 1.17 bits per heavy atom. The highest BCUT2D eigenvalue weighted by Crippen LogP contribution is 2.17. The Morgan fingerprint density at radius 3 is 2.62 bits per heavy atom. The van der Waals surface area contributed by atoms with E-state index in [-0.39, 0.29) is 6.61 Å². The molecule has 0 radical (unpaired) electrons. The van der Waals surface area contributed by atoms with Crippen LogP contribution >= 0.6 is 11.6 Å². The number of benzene rings is 2. The van der Waals surface area contributed by atoms with Crippen molar-refractivity contribution in [1.82, 2.24) is 0 Å². The molecule has 0 unspecified atom stereocenters. The maximum Gasteiger partial charge on any atom is 0.344 e. The molecule has 2 aromatic carbocycles. The average molecular weight is 348 g/mol. The van der Waals surface area contributed by atoms with Crippen molar-refractivity contribution in [2.45, 2.75) is 20.0 Å². The van der Waals surface area contributed by atoms with Crippen LogP contribution in [0.15, 0.2) is 48.5 Å². The van der Waals surface area contributed by atoms with Crippen LogP contribution in [-0.4, -0.2) is 24.6 Å². The lowest BCUT2D eigenvalue weighted by Crippen LogP contribution is -2.31. The minimum Gasteiger partial charge on any atom is -0.482 e. The number of nitrogens with one attached hydrogen (secondary N) is 1. The molecule has 0 spiro atoms. The predicted octanol–water partition coefficient (Wildman–Crippen LogP) is 3.60. The molecule has 0 aromatic heterocycles. The van der Waals surface area contributed by atoms with Gasteiger partial charge < -0.3 is 14.8 Å². The number of rotatable bonds is 6. The number of ether oxygens (including phenoxy) is 2. The SMILES string of the molecule is Cc1cccc(NC(=O)[C@H](C)OC(=O)COc2cccc(Cl)c2)c1. The van der Waals surface area contributed by atoms with E-state index >= 15 is 0 Å². The first-order valence-corrected chi connectivity index (χ1v) is 7.77. The summed E-state index contributed by atoms with van der Waals surface area (Å²) < 4.78 is 10.3. The molecule has 2 rings (SSSR count). The van der Waals surface area contributed by atoms with Crippen LogP contribution in [0.25, 0.3) is 0 Å². The van der Waals surface area contributed by atoms with Crippen molar-refractivity contribution in [2.75, 3.05) is 11.9 Å². The molecule has 0 aliphatic rings. The lowest BCUT2D eigenvalue weighted by Gasteiger charge is -2.14. The van der Waals surface area contributed by atoms with Crippen LogP contribution in [0.5, 0.6) is 5.75 Å². The summed E-state index contributed by atoms with van der Waals surface area (Å²) >= 11 is 5.83. The Hall–Kier alpha value is -2.53. The third-order valence-corrected chi connectivity index (χ3v) is 3.35. The van der Waals surface area contributed by atoms with Gasteiger partial charge in [-0.25, -0.2) is 4.79 Å². The molecule has 5 nitrogen and oxygen atoms in total. The minimum atomic E-state index is -0.930. The molecule has 0 heterocycles. The van der Waals surface area contributed by atoms with Crippen LogP contribution in [0.4, 0.5) is 5.69 Å². The number of halogens is 1. The highest BCUT2D eigenvalue weighted by molar-refractivity contribution is 6.30. The number of carbonyl (C=O) groups is 2. The van der Waals surface area contributed by atoms with Gasteiger partial charge in [0, 0.05) is 10.7 Å². The molecule has 0 aliphatic heterocycles. The molecule has 1 N–H and O–H groups in total. The zero-order valence-corrected chi connectivity index (χ0v) is 14.2. The molecule has 6 heteroatoms. The second-order valence-corrected chi connectivity index (χ2v) is 5.67. The Kier molecular flexibility index (Phi) is 6.21. The summed E-state index contributed by atoms with van der Waals surface area (Å²) in [5, 5.41) is 3.20. The summed E-state index contributed by atoms with van der Waals surface area (Å²) in [6, 6.07) is 14.0. The van der Waals surface area contributed by atoms with Gasteiger partial charge in [0.25, 0.3) is 5.91 Å². The highest BCUT2D eigenvalue weighted by atomic mass is 35.5. The first-order chi connectivity index (χ1) is 11.4. The lowest BCUT2D eigenvalue weighted by atomic mass is 10.2. The Balaban J connectivity index is 1.81. The summed E-state index contributed by atoms with van der Waals surface area (Å²) in [7, 11) is 0. The average Bonchev–Trinajstić information content (AvgIpc) is 2.53. The number of aryl methyl sites for hydroxylation is 1. The van der Waals surface area contributed by atoms with Gasteiger partial charge in [-0.15, -0.1) is 0 Å². The van der Waals surface area contributed by atoms with E-state index < -0.39 is 18.0 Å². The third-order valence-electron chi connectivity index (χ3n) is 3.12. The lowest BCUT2D eigenvalue weighted by molar-refractivity contribution is -0.155. The van der Waals surface area contributed by atoms with Gasteiger partial charge >= 0.3 is 5.97 Å². The summed E-state index contributed by atoms with van der Waals surface area (Å²) in [6.45, 7) is 3.12. The van der Waals surface area contributed by atoms with Gasteiger partial charge in [-0.3, -0.25) is 4.79 Å². The predicted molar refractivity (Wildman–Crippen MR) is 92.3 cm³/mol. The summed E-state index contributed by atoms with van der Waals surface area (Å²) in [5.74, 6) is -0.588. The minimum absolute atomic E-state index is 0.303. The smallest absolute Gasteiger partial charge is 0.344 e. The highest BCUT2D eigenvalue weighted by Gasteiger charge is 2.18. The number of hydrogen-bond acceptors (Lipinski definition) is 4. The van der Waals surface area contributed by atoms with Crippen LogP contribution in [-0.2, 0) is 14.3 Å². The molecule has 0 fully saturated rings. The molecule has 0 saturated carbocycles. The summed E-state index contributed by atoms with van der Waals surface area (Å²) in [4.78, 5) is 23.8. The van der Waals surface area contributed by atoms with Crippen molar-refractivity contribution in [3.05, 3.63) is 59.1 Å². The fourth-order valence-corrected chi connectivity index (χ4v) is 2.13. The maximum atomic E-state index is 12.0. The van der Waals surface area contributed by atoms with E-state index in [0.29, 0.717) is 16.5 Å². The van der Waals surface area contributed by atoms with E-state index in [0.717, 1.165) is 5.56 Å². The molecular weight excluding hydrogens is 330 g/mol.